The molecule has 0 aliphatic rings. The highest BCUT2D eigenvalue weighted by atomic mass is 35.5. The first-order chi connectivity index (χ1) is 16.9. The first-order valence-corrected chi connectivity index (χ1v) is 14.6. The van der Waals surface area contributed by atoms with Crippen LogP contribution in [0.4, 0.5) is 11.4 Å². The first kappa shape index (κ1) is 28.2. The van der Waals surface area contributed by atoms with Crippen molar-refractivity contribution in [3.8, 4) is 0 Å². The second-order valence-electron chi connectivity index (χ2n) is 7.45. The number of hydrogen-bond acceptors (Lipinski definition) is 5. The Labute approximate surface area is 225 Å². The molecule has 36 heavy (non-hydrogen) atoms. The highest BCUT2D eigenvalue weighted by Crippen LogP contribution is 2.29. The van der Waals surface area contributed by atoms with Crippen LogP contribution in [0.1, 0.15) is 24.2 Å². The van der Waals surface area contributed by atoms with Gasteiger partial charge in [-0.2, -0.15) is 4.31 Å². The van der Waals surface area contributed by atoms with E-state index in [4.69, 9.17) is 34.8 Å². The van der Waals surface area contributed by atoms with Crippen LogP contribution >= 0.6 is 34.8 Å². The van der Waals surface area contributed by atoms with E-state index < -0.39 is 26.0 Å². The fourth-order valence-corrected chi connectivity index (χ4v) is 6.93. The van der Waals surface area contributed by atoms with E-state index in [1.54, 1.807) is 13.8 Å². The van der Waals surface area contributed by atoms with Crippen LogP contribution in [0.25, 0.3) is 0 Å². The van der Waals surface area contributed by atoms with Crippen molar-refractivity contribution in [2.24, 2.45) is 0 Å². The molecule has 3 aromatic rings. The minimum atomic E-state index is -4.11. The average molecular weight is 591 g/mol. The Morgan fingerprint density at radius 3 is 1.94 bits per heavy atom. The second-order valence-corrected chi connectivity index (χ2v) is 12.3. The summed E-state index contributed by atoms with van der Waals surface area (Å²) in [5, 5.41) is 2.92. The van der Waals surface area contributed by atoms with Crippen LogP contribution in [-0.2, 0) is 20.0 Å². The summed E-state index contributed by atoms with van der Waals surface area (Å²) in [5.74, 6) is -0.668. The molecule has 0 spiro atoms. The van der Waals surface area contributed by atoms with Gasteiger partial charge in [0.15, 0.2) is 0 Å². The van der Waals surface area contributed by atoms with Crippen LogP contribution in [0.15, 0.2) is 70.5 Å². The molecule has 0 fully saturated rings. The Morgan fingerprint density at radius 1 is 0.778 bits per heavy atom. The summed E-state index contributed by atoms with van der Waals surface area (Å²) in [6.45, 7) is 3.86. The van der Waals surface area contributed by atoms with E-state index in [9.17, 15) is 21.6 Å². The maximum atomic E-state index is 12.9. The number of carbonyl (C=O) groups excluding carboxylic acids is 1. The third kappa shape index (κ3) is 6.31. The number of benzene rings is 3. The summed E-state index contributed by atoms with van der Waals surface area (Å²) in [6, 6.07) is 13.8. The van der Waals surface area contributed by atoms with Gasteiger partial charge in [-0.25, -0.2) is 16.8 Å². The molecule has 0 aromatic heterocycles. The molecule has 0 saturated carbocycles. The molecule has 0 saturated heterocycles. The van der Waals surface area contributed by atoms with Gasteiger partial charge in [-0.05, 0) is 60.7 Å². The standard InChI is InChI=1S/C23H22Cl3N3O5S2/c1-3-29(4-2)36(33,34)22-13-15(5-11-20(22)26)23(30)27-18-10-12-19(25)21(14-18)35(31,32)28-17-8-6-16(24)7-9-17/h5-14,28H,3-4H2,1-2H3,(H,27,30). The van der Waals surface area contributed by atoms with E-state index >= 15 is 0 Å². The molecular weight excluding hydrogens is 569 g/mol. The smallest absolute Gasteiger partial charge is 0.263 e. The van der Waals surface area contributed by atoms with E-state index in [-0.39, 0.29) is 49.9 Å². The predicted molar refractivity (Wildman–Crippen MR) is 143 cm³/mol. The minimum absolute atomic E-state index is 0.0174. The van der Waals surface area contributed by atoms with Crippen LogP contribution in [0.5, 0.6) is 0 Å². The highest BCUT2D eigenvalue weighted by Gasteiger charge is 2.26. The summed E-state index contributed by atoms with van der Waals surface area (Å²) < 4.78 is 55.3. The lowest BCUT2D eigenvalue weighted by molar-refractivity contribution is 0.102. The largest absolute Gasteiger partial charge is 0.322 e. The van der Waals surface area contributed by atoms with Gasteiger partial charge < -0.3 is 5.32 Å². The molecule has 3 aromatic carbocycles. The SMILES string of the molecule is CCN(CC)S(=O)(=O)c1cc(C(=O)Nc2ccc(Cl)c(S(=O)(=O)Nc3ccc(Cl)cc3)c2)ccc1Cl. The van der Waals surface area contributed by atoms with Crippen LogP contribution < -0.4 is 10.0 Å². The second kappa shape index (κ2) is 11.4. The number of amides is 1. The predicted octanol–water partition coefficient (Wildman–Crippen LogP) is 5.73. The molecule has 13 heteroatoms. The van der Waals surface area contributed by atoms with Gasteiger partial charge in [0.05, 0.1) is 10.0 Å². The van der Waals surface area contributed by atoms with Gasteiger partial charge in [-0.3, -0.25) is 9.52 Å². The number of nitrogens with one attached hydrogen (secondary N) is 2. The summed E-state index contributed by atoms with van der Waals surface area (Å²) in [4.78, 5) is 12.4. The van der Waals surface area contributed by atoms with Gasteiger partial charge in [0.25, 0.3) is 15.9 Å². The van der Waals surface area contributed by atoms with E-state index in [2.05, 4.69) is 10.0 Å². The van der Waals surface area contributed by atoms with Crippen molar-refractivity contribution in [3.63, 3.8) is 0 Å². The lowest BCUT2D eigenvalue weighted by Crippen LogP contribution is -2.31. The van der Waals surface area contributed by atoms with E-state index in [0.29, 0.717) is 5.02 Å². The van der Waals surface area contributed by atoms with Crippen LogP contribution in [-0.4, -0.2) is 40.1 Å². The molecule has 3 rings (SSSR count). The van der Waals surface area contributed by atoms with Crippen molar-refractivity contribution in [1.82, 2.24) is 4.31 Å². The first-order valence-electron chi connectivity index (χ1n) is 10.6. The summed E-state index contributed by atoms with van der Waals surface area (Å²) in [5.41, 5.74) is 0.417. The molecule has 0 heterocycles. The molecule has 0 unspecified atom stereocenters. The van der Waals surface area contributed by atoms with Crippen molar-refractivity contribution >= 4 is 72.1 Å². The van der Waals surface area contributed by atoms with Crippen LogP contribution in [0.2, 0.25) is 15.1 Å². The number of anilines is 2. The molecule has 0 radical (unpaired) electrons. The minimum Gasteiger partial charge on any atom is -0.322 e. The normalized spacial score (nSPS) is 11.9. The number of carbonyl (C=O) groups is 1. The molecule has 0 atom stereocenters. The number of hydrogen-bond donors (Lipinski definition) is 2. The maximum Gasteiger partial charge on any atom is 0.263 e. The zero-order valence-corrected chi connectivity index (χ0v) is 23.0. The number of sulfonamides is 2. The highest BCUT2D eigenvalue weighted by molar-refractivity contribution is 7.92. The van der Waals surface area contributed by atoms with Gasteiger partial charge in [0.2, 0.25) is 10.0 Å². The average Bonchev–Trinajstić information content (AvgIpc) is 2.82. The van der Waals surface area contributed by atoms with Crippen molar-refractivity contribution in [1.29, 1.82) is 0 Å². The van der Waals surface area contributed by atoms with Crippen molar-refractivity contribution in [2.75, 3.05) is 23.1 Å². The molecule has 192 valence electrons. The molecule has 2 N–H and O–H groups in total. The number of nitrogens with zero attached hydrogens (tertiary/aromatic N) is 1. The Morgan fingerprint density at radius 2 is 1.33 bits per heavy atom. The third-order valence-electron chi connectivity index (χ3n) is 5.09. The van der Waals surface area contributed by atoms with Gasteiger partial charge >= 0.3 is 0 Å². The summed E-state index contributed by atoms with van der Waals surface area (Å²) in [7, 11) is -8.02. The van der Waals surface area contributed by atoms with Crippen LogP contribution in [0, 0.1) is 0 Å². The summed E-state index contributed by atoms with van der Waals surface area (Å²) in [6.07, 6.45) is 0. The number of rotatable bonds is 9. The van der Waals surface area contributed by atoms with Crippen molar-refractivity contribution in [2.45, 2.75) is 23.6 Å². The molecule has 0 aliphatic carbocycles. The van der Waals surface area contributed by atoms with Gasteiger partial charge in [-0.15, -0.1) is 0 Å². The monoisotopic (exact) mass is 589 g/mol. The Hall–Kier alpha value is -2.34. The van der Waals surface area contributed by atoms with Crippen LogP contribution in [0.3, 0.4) is 0 Å². The quantitative estimate of drug-likeness (QED) is 0.330. The lowest BCUT2D eigenvalue weighted by Gasteiger charge is -2.19. The van der Waals surface area contributed by atoms with E-state index in [1.807, 2.05) is 0 Å². The molecule has 8 nitrogen and oxygen atoms in total. The Kier molecular flexibility index (Phi) is 8.92. The molecular formula is C23H22Cl3N3O5S2. The van der Waals surface area contributed by atoms with Gasteiger partial charge in [-0.1, -0.05) is 48.7 Å². The van der Waals surface area contributed by atoms with Crippen molar-refractivity contribution < 1.29 is 21.6 Å². The van der Waals surface area contributed by atoms with E-state index in [0.717, 1.165) is 0 Å². The lowest BCUT2D eigenvalue weighted by atomic mass is 10.2. The topological polar surface area (TPSA) is 113 Å². The Bertz CT molecular complexity index is 1490. The Balaban J connectivity index is 1.89. The number of halogens is 3. The van der Waals surface area contributed by atoms with Gasteiger partial charge in [0, 0.05) is 35.1 Å². The van der Waals surface area contributed by atoms with Gasteiger partial charge in [0.1, 0.15) is 9.79 Å². The third-order valence-corrected chi connectivity index (χ3v) is 9.74. The van der Waals surface area contributed by atoms with Crippen molar-refractivity contribution in [3.05, 3.63) is 81.3 Å². The fourth-order valence-electron chi connectivity index (χ4n) is 3.26. The zero-order chi connectivity index (χ0) is 26.7. The summed E-state index contributed by atoms with van der Waals surface area (Å²) >= 11 is 18.1. The fraction of sp³-hybridized carbons (Fsp3) is 0.174. The molecule has 0 bridgehead atoms. The zero-order valence-electron chi connectivity index (χ0n) is 19.1. The molecule has 0 aliphatic heterocycles. The molecule has 1 amide bonds. The maximum absolute atomic E-state index is 12.9. The van der Waals surface area contributed by atoms with E-state index in [1.165, 1.54) is 65.0 Å².